The van der Waals surface area contributed by atoms with Crippen LogP contribution in [0, 0.1) is 5.82 Å². The van der Waals surface area contributed by atoms with Gasteiger partial charge in [0.2, 0.25) is 0 Å². The third-order valence-electron chi connectivity index (χ3n) is 5.42. The number of rotatable bonds is 9. The lowest BCUT2D eigenvalue weighted by molar-refractivity contribution is 0.284. The van der Waals surface area contributed by atoms with E-state index in [0.717, 1.165) is 22.9 Å². The Morgan fingerprint density at radius 3 is 2.74 bits per heavy atom. The van der Waals surface area contributed by atoms with E-state index in [4.69, 9.17) is 14.5 Å². The predicted octanol–water partition coefficient (Wildman–Crippen LogP) is 6.11. The van der Waals surface area contributed by atoms with E-state index < -0.39 is 0 Å². The third kappa shape index (κ3) is 5.95. The van der Waals surface area contributed by atoms with Crippen molar-refractivity contribution in [3.05, 3.63) is 98.3 Å². The summed E-state index contributed by atoms with van der Waals surface area (Å²) in [6.45, 7) is 2.30. The highest BCUT2D eigenvalue weighted by atomic mass is 79.9. The van der Waals surface area contributed by atoms with Crippen molar-refractivity contribution in [2.45, 2.75) is 32.8 Å². The van der Waals surface area contributed by atoms with E-state index in [1.54, 1.807) is 43.7 Å². The number of ether oxygens (including phenoxy) is 2. The zero-order valence-corrected chi connectivity index (χ0v) is 21.1. The van der Waals surface area contributed by atoms with Gasteiger partial charge in [0.05, 0.1) is 24.2 Å². The molecule has 0 atom stereocenters. The first kappa shape index (κ1) is 24.6. The van der Waals surface area contributed by atoms with Crippen molar-refractivity contribution in [1.82, 2.24) is 9.66 Å². The minimum Gasteiger partial charge on any atom is -0.493 e. The van der Waals surface area contributed by atoms with Crippen LogP contribution < -0.4 is 15.0 Å². The zero-order chi connectivity index (χ0) is 24.8. The van der Waals surface area contributed by atoms with Gasteiger partial charge in [-0.15, -0.1) is 0 Å². The largest absolute Gasteiger partial charge is 0.493 e. The number of unbranched alkanes of at least 4 members (excludes halogenated alkanes) is 1. The number of benzene rings is 3. The molecule has 0 unspecified atom stereocenters. The molecule has 0 spiro atoms. The first-order valence-corrected chi connectivity index (χ1v) is 12.1. The molecule has 0 aliphatic rings. The van der Waals surface area contributed by atoms with Gasteiger partial charge in [0.1, 0.15) is 18.2 Å². The maximum Gasteiger partial charge on any atom is 0.282 e. The van der Waals surface area contributed by atoms with Gasteiger partial charge < -0.3 is 9.47 Å². The molecular weight excluding hydrogens is 513 g/mol. The van der Waals surface area contributed by atoms with Gasteiger partial charge in [-0.2, -0.15) is 9.78 Å². The molecule has 1 heterocycles. The van der Waals surface area contributed by atoms with Crippen molar-refractivity contribution in [3.8, 4) is 11.5 Å². The number of hydrogen-bond donors (Lipinski definition) is 0. The van der Waals surface area contributed by atoms with E-state index in [-0.39, 0.29) is 18.0 Å². The van der Waals surface area contributed by atoms with Crippen LogP contribution in [-0.2, 0) is 13.0 Å². The van der Waals surface area contributed by atoms with Crippen LogP contribution >= 0.6 is 15.9 Å². The molecule has 0 saturated carbocycles. The molecule has 0 saturated heterocycles. The van der Waals surface area contributed by atoms with Crippen molar-refractivity contribution < 1.29 is 13.9 Å². The van der Waals surface area contributed by atoms with Crippen molar-refractivity contribution in [3.63, 3.8) is 0 Å². The Balaban J connectivity index is 1.62. The molecule has 0 aliphatic carbocycles. The van der Waals surface area contributed by atoms with Crippen LogP contribution in [0.5, 0.6) is 11.5 Å². The molecular formula is C27H25BrFN3O3. The van der Waals surface area contributed by atoms with E-state index in [1.807, 2.05) is 18.2 Å². The van der Waals surface area contributed by atoms with Gasteiger partial charge in [-0.25, -0.2) is 9.37 Å². The van der Waals surface area contributed by atoms with Crippen molar-refractivity contribution >= 4 is 33.0 Å². The Kier molecular flexibility index (Phi) is 7.92. The van der Waals surface area contributed by atoms with Gasteiger partial charge in [-0.05, 0) is 66.1 Å². The quantitative estimate of drug-likeness (QED) is 0.241. The van der Waals surface area contributed by atoms with Gasteiger partial charge in [-0.3, -0.25) is 4.79 Å². The fourth-order valence-electron chi connectivity index (χ4n) is 3.61. The van der Waals surface area contributed by atoms with E-state index in [2.05, 4.69) is 28.0 Å². The minimum absolute atomic E-state index is 0.204. The lowest BCUT2D eigenvalue weighted by Crippen LogP contribution is -2.22. The average Bonchev–Trinajstić information content (AvgIpc) is 2.86. The van der Waals surface area contributed by atoms with Crippen LogP contribution in [0.3, 0.4) is 0 Å². The molecule has 4 rings (SSSR count). The SMILES string of the molecule is CCCCc1nc2ccc(Br)cc2c(=O)n1N=Cc1ccc(OCc2cccc(F)c2)c(OC)c1. The van der Waals surface area contributed by atoms with Gasteiger partial charge in [0, 0.05) is 10.9 Å². The number of methoxy groups -OCH3 is 1. The van der Waals surface area contributed by atoms with Crippen molar-refractivity contribution in [2.75, 3.05) is 7.11 Å². The van der Waals surface area contributed by atoms with E-state index in [1.165, 1.54) is 16.8 Å². The monoisotopic (exact) mass is 537 g/mol. The Hall–Kier alpha value is -3.52. The van der Waals surface area contributed by atoms with Gasteiger partial charge in [0.15, 0.2) is 11.5 Å². The maximum atomic E-state index is 13.4. The van der Waals surface area contributed by atoms with Gasteiger partial charge >= 0.3 is 0 Å². The summed E-state index contributed by atoms with van der Waals surface area (Å²) in [5, 5.41) is 4.98. The highest BCUT2D eigenvalue weighted by Crippen LogP contribution is 2.28. The number of fused-ring (bicyclic) bond motifs is 1. The molecule has 6 nitrogen and oxygen atoms in total. The standard InChI is InChI=1S/C27H25BrFN3O3/c1-3-4-8-26-31-23-11-10-20(28)15-22(23)27(33)32(26)30-16-18-9-12-24(25(14-18)34-2)35-17-19-6-5-7-21(29)13-19/h5-7,9-16H,3-4,8,17H2,1-2H3. The smallest absolute Gasteiger partial charge is 0.282 e. The number of aryl methyl sites for hydroxylation is 1. The second-order valence-corrected chi connectivity index (χ2v) is 8.90. The molecule has 4 aromatic rings. The molecule has 0 aliphatic heterocycles. The first-order valence-electron chi connectivity index (χ1n) is 11.3. The summed E-state index contributed by atoms with van der Waals surface area (Å²) < 4.78 is 26.9. The normalized spacial score (nSPS) is 11.3. The van der Waals surface area contributed by atoms with Crippen LogP contribution in [-0.4, -0.2) is 23.0 Å². The summed E-state index contributed by atoms with van der Waals surface area (Å²) in [5.74, 6) is 1.33. The van der Waals surface area contributed by atoms with E-state index in [0.29, 0.717) is 40.2 Å². The summed E-state index contributed by atoms with van der Waals surface area (Å²) in [5.41, 5.74) is 1.87. The lowest BCUT2D eigenvalue weighted by atomic mass is 10.2. The Labute approximate surface area is 211 Å². The highest BCUT2D eigenvalue weighted by Gasteiger charge is 2.11. The molecule has 0 radical (unpaired) electrons. The maximum absolute atomic E-state index is 13.4. The van der Waals surface area contributed by atoms with Crippen LogP contribution in [0.2, 0.25) is 0 Å². The number of aromatic nitrogens is 2. The second-order valence-electron chi connectivity index (χ2n) is 7.98. The number of hydrogen-bond acceptors (Lipinski definition) is 5. The molecule has 3 aromatic carbocycles. The summed E-state index contributed by atoms with van der Waals surface area (Å²) >= 11 is 3.42. The molecule has 0 N–H and O–H groups in total. The summed E-state index contributed by atoms with van der Waals surface area (Å²) in [6.07, 6.45) is 4.12. The minimum atomic E-state index is -0.311. The first-order chi connectivity index (χ1) is 17.0. The zero-order valence-electron chi connectivity index (χ0n) is 19.5. The fourth-order valence-corrected chi connectivity index (χ4v) is 3.97. The van der Waals surface area contributed by atoms with Crippen molar-refractivity contribution in [1.29, 1.82) is 0 Å². The molecule has 0 amide bonds. The Morgan fingerprint density at radius 1 is 1.11 bits per heavy atom. The van der Waals surface area contributed by atoms with Crippen LogP contribution in [0.25, 0.3) is 10.9 Å². The highest BCUT2D eigenvalue weighted by molar-refractivity contribution is 9.10. The molecule has 0 bridgehead atoms. The summed E-state index contributed by atoms with van der Waals surface area (Å²) in [6, 6.07) is 17.1. The molecule has 35 heavy (non-hydrogen) atoms. The molecule has 0 fully saturated rings. The van der Waals surface area contributed by atoms with Crippen molar-refractivity contribution in [2.24, 2.45) is 5.10 Å². The summed E-state index contributed by atoms with van der Waals surface area (Å²) in [7, 11) is 1.55. The Bertz CT molecular complexity index is 1440. The topological polar surface area (TPSA) is 65.7 Å². The summed E-state index contributed by atoms with van der Waals surface area (Å²) in [4.78, 5) is 17.9. The van der Waals surface area contributed by atoms with Crippen LogP contribution in [0.1, 0.15) is 36.7 Å². The van der Waals surface area contributed by atoms with E-state index in [9.17, 15) is 9.18 Å². The van der Waals surface area contributed by atoms with Crippen LogP contribution in [0.15, 0.2) is 75.0 Å². The predicted molar refractivity (Wildman–Crippen MR) is 139 cm³/mol. The molecule has 180 valence electrons. The average molecular weight is 538 g/mol. The number of nitrogens with zero attached hydrogens (tertiary/aromatic N) is 3. The second kappa shape index (κ2) is 11.3. The molecule has 8 heteroatoms. The van der Waals surface area contributed by atoms with Gasteiger partial charge in [0.25, 0.3) is 5.56 Å². The lowest BCUT2D eigenvalue weighted by Gasteiger charge is -2.12. The van der Waals surface area contributed by atoms with Gasteiger partial charge in [-0.1, -0.05) is 41.4 Å². The van der Waals surface area contributed by atoms with Crippen LogP contribution in [0.4, 0.5) is 4.39 Å². The number of halogens is 2. The molecule has 1 aromatic heterocycles. The fraction of sp³-hybridized carbons (Fsp3) is 0.222. The Morgan fingerprint density at radius 2 is 1.97 bits per heavy atom. The third-order valence-corrected chi connectivity index (χ3v) is 5.92. The van der Waals surface area contributed by atoms with E-state index >= 15 is 0 Å².